The molecule has 196 valence electrons. The Balaban J connectivity index is 1.36. The van der Waals surface area contributed by atoms with Crippen LogP contribution in [-0.4, -0.2) is 100.0 Å². The highest BCUT2D eigenvalue weighted by Gasteiger charge is 2.45. The van der Waals surface area contributed by atoms with Gasteiger partial charge in [-0.2, -0.15) is 0 Å². The zero-order valence-electron chi connectivity index (χ0n) is 21.4. The van der Waals surface area contributed by atoms with E-state index in [4.69, 9.17) is 5.11 Å². The topological polar surface area (TPSA) is 109 Å². The van der Waals surface area contributed by atoms with Gasteiger partial charge < -0.3 is 20.6 Å². The van der Waals surface area contributed by atoms with Gasteiger partial charge >= 0.3 is 5.97 Å². The molecule has 3 rings (SSSR count). The first-order chi connectivity index (χ1) is 16.3. The number of fused-ring (bicyclic) bond motifs is 1. The largest absolute Gasteiger partial charge is 0.481 e. The van der Waals surface area contributed by atoms with Crippen molar-refractivity contribution in [2.24, 2.45) is 10.9 Å². The van der Waals surface area contributed by atoms with Crippen LogP contribution in [0.4, 0.5) is 0 Å². The maximum absolute atomic E-state index is 11.1. The fraction of sp³-hybridized carbons (Fsp3) is 0.923. The summed E-state index contributed by atoms with van der Waals surface area (Å²) >= 11 is 0. The Hall–Kier alpha value is -1.06. The van der Waals surface area contributed by atoms with E-state index in [0.717, 1.165) is 57.9 Å². The second kappa shape index (κ2) is 13.3. The van der Waals surface area contributed by atoms with Gasteiger partial charge in [0.05, 0.1) is 24.8 Å². The van der Waals surface area contributed by atoms with E-state index in [9.17, 15) is 15.0 Å². The number of hydrogen-bond donors (Lipinski definition) is 4. The Bertz CT molecular complexity index is 655. The van der Waals surface area contributed by atoms with Crippen LogP contribution in [-0.2, 0) is 4.79 Å². The van der Waals surface area contributed by atoms with Crippen molar-refractivity contribution in [3.05, 3.63) is 0 Å². The van der Waals surface area contributed by atoms with E-state index in [0.29, 0.717) is 25.0 Å². The molecule has 4 N–H and O–H groups in total. The maximum Gasteiger partial charge on any atom is 0.306 e. The lowest BCUT2D eigenvalue weighted by atomic mass is 9.77. The predicted octanol–water partition coefficient (Wildman–Crippen LogP) is 2.48. The van der Waals surface area contributed by atoms with Crippen LogP contribution >= 0.6 is 0 Å². The number of rotatable bonds is 14. The number of aliphatic hydroxyl groups excluding tert-OH is 1. The van der Waals surface area contributed by atoms with Crippen molar-refractivity contribution >= 4 is 12.2 Å². The number of hydrogen-bond acceptors (Lipinski definition) is 7. The number of carbonyl (C=O) groups is 1. The third-order valence-electron chi connectivity index (χ3n) is 8.42. The molecule has 34 heavy (non-hydrogen) atoms. The van der Waals surface area contributed by atoms with Crippen molar-refractivity contribution in [1.82, 2.24) is 15.1 Å². The van der Waals surface area contributed by atoms with Gasteiger partial charge in [-0.05, 0) is 51.6 Å². The molecule has 0 aromatic heterocycles. The number of nitrogens with one attached hydrogen (secondary N) is 1. The molecule has 2 saturated heterocycles. The second-order valence-corrected chi connectivity index (χ2v) is 11.0. The highest BCUT2D eigenvalue weighted by molar-refractivity contribution is 5.68. The fourth-order valence-corrected chi connectivity index (χ4v) is 6.37. The molecule has 3 aliphatic rings. The molecule has 8 nitrogen and oxygen atoms in total. The molecule has 8 heteroatoms. The molecule has 3 aliphatic heterocycles. The third-order valence-corrected chi connectivity index (χ3v) is 8.42. The van der Waals surface area contributed by atoms with Gasteiger partial charge in [0.15, 0.2) is 0 Å². The minimum Gasteiger partial charge on any atom is -0.481 e. The average Bonchev–Trinajstić information content (AvgIpc) is 3.34. The van der Waals surface area contributed by atoms with Crippen molar-refractivity contribution in [2.45, 2.75) is 114 Å². The molecule has 0 aliphatic carbocycles. The van der Waals surface area contributed by atoms with Crippen molar-refractivity contribution in [2.75, 3.05) is 32.8 Å². The summed E-state index contributed by atoms with van der Waals surface area (Å²) in [5.74, 6) is -0.177. The van der Waals surface area contributed by atoms with Gasteiger partial charge in [0.25, 0.3) is 0 Å². The summed E-state index contributed by atoms with van der Waals surface area (Å²) in [4.78, 5) is 20.5. The SMILES string of the molecule is CCNCC(O)(CCCCCCCC1CCN2C(C)C(O)CC(N3CC=NC3)C2C1)CC(=O)O. The van der Waals surface area contributed by atoms with Gasteiger partial charge in [0, 0.05) is 37.4 Å². The summed E-state index contributed by atoms with van der Waals surface area (Å²) < 4.78 is 0. The molecule has 0 saturated carbocycles. The summed E-state index contributed by atoms with van der Waals surface area (Å²) in [6.07, 6.45) is 12.2. The summed E-state index contributed by atoms with van der Waals surface area (Å²) in [6.45, 7) is 8.00. The molecule has 0 amide bonds. The number of carboxylic acids is 1. The molecule has 0 spiro atoms. The van der Waals surface area contributed by atoms with Crippen molar-refractivity contribution in [3.63, 3.8) is 0 Å². The highest BCUT2D eigenvalue weighted by atomic mass is 16.4. The smallest absolute Gasteiger partial charge is 0.306 e. The van der Waals surface area contributed by atoms with Crippen LogP contribution in [0.15, 0.2) is 4.99 Å². The van der Waals surface area contributed by atoms with Gasteiger partial charge in [-0.25, -0.2) is 0 Å². The van der Waals surface area contributed by atoms with E-state index in [1.165, 1.54) is 32.1 Å². The van der Waals surface area contributed by atoms with Crippen LogP contribution in [0, 0.1) is 5.92 Å². The quantitative estimate of drug-likeness (QED) is 0.283. The van der Waals surface area contributed by atoms with Crippen LogP contribution in [0.2, 0.25) is 0 Å². The minimum atomic E-state index is -1.14. The molecule has 3 heterocycles. The maximum atomic E-state index is 11.1. The number of nitrogens with zero attached hydrogens (tertiary/aromatic N) is 3. The Morgan fingerprint density at radius 3 is 2.65 bits per heavy atom. The van der Waals surface area contributed by atoms with Gasteiger partial charge in [-0.1, -0.05) is 45.4 Å². The number of aliphatic imine (C=N–C) groups is 1. The lowest BCUT2D eigenvalue weighted by molar-refractivity contribution is -0.142. The van der Waals surface area contributed by atoms with Crippen LogP contribution < -0.4 is 5.32 Å². The molecular weight excluding hydrogens is 432 g/mol. The molecule has 0 aromatic carbocycles. The van der Waals surface area contributed by atoms with Crippen molar-refractivity contribution in [1.29, 1.82) is 0 Å². The van der Waals surface area contributed by atoms with Gasteiger partial charge in [0.2, 0.25) is 0 Å². The molecule has 0 bridgehead atoms. The zero-order valence-corrected chi connectivity index (χ0v) is 21.4. The zero-order chi connectivity index (χ0) is 24.6. The lowest BCUT2D eigenvalue weighted by Crippen LogP contribution is -2.64. The molecule has 6 unspecified atom stereocenters. The van der Waals surface area contributed by atoms with Crippen LogP contribution in [0.25, 0.3) is 0 Å². The number of unbranched alkanes of at least 4 members (excludes halogenated alkanes) is 4. The summed E-state index contributed by atoms with van der Waals surface area (Å²) in [5.41, 5.74) is -1.14. The molecular formula is C26H48N4O4. The monoisotopic (exact) mass is 480 g/mol. The van der Waals surface area contributed by atoms with E-state index in [1.54, 1.807) is 0 Å². The minimum absolute atomic E-state index is 0.194. The molecule has 6 atom stereocenters. The Morgan fingerprint density at radius 1 is 1.18 bits per heavy atom. The fourth-order valence-electron chi connectivity index (χ4n) is 6.37. The van der Waals surface area contributed by atoms with E-state index in [1.807, 2.05) is 13.1 Å². The van der Waals surface area contributed by atoms with Gasteiger partial charge in [-0.15, -0.1) is 0 Å². The van der Waals surface area contributed by atoms with Gasteiger partial charge in [0.1, 0.15) is 0 Å². The highest BCUT2D eigenvalue weighted by Crippen LogP contribution is 2.37. The first-order valence-electron chi connectivity index (χ1n) is 13.6. The van der Waals surface area contributed by atoms with E-state index in [-0.39, 0.29) is 18.6 Å². The van der Waals surface area contributed by atoms with E-state index >= 15 is 0 Å². The normalized spacial score (nSPS) is 31.9. The van der Waals surface area contributed by atoms with Crippen molar-refractivity contribution < 1.29 is 20.1 Å². The van der Waals surface area contributed by atoms with Gasteiger partial charge in [-0.3, -0.25) is 19.6 Å². The second-order valence-electron chi connectivity index (χ2n) is 11.0. The Morgan fingerprint density at radius 2 is 1.94 bits per heavy atom. The van der Waals surface area contributed by atoms with Crippen molar-refractivity contribution in [3.8, 4) is 0 Å². The lowest BCUT2D eigenvalue weighted by Gasteiger charge is -2.53. The molecule has 2 fully saturated rings. The van der Waals surface area contributed by atoms with Crippen LogP contribution in [0.3, 0.4) is 0 Å². The van der Waals surface area contributed by atoms with Crippen LogP contribution in [0.5, 0.6) is 0 Å². The van der Waals surface area contributed by atoms with E-state index < -0.39 is 11.6 Å². The Kier molecular flexibility index (Phi) is 10.8. The van der Waals surface area contributed by atoms with E-state index in [2.05, 4.69) is 27.0 Å². The number of likely N-dealkylation sites (N-methyl/N-ethyl adjacent to an activating group) is 1. The third kappa shape index (κ3) is 7.72. The number of piperidine rings is 2. The first-order valence-corrected chi connectivity index (χ1v) is 13.6. The molecule has 0 radical (unpaired) electrons. The number of aliphatic carboxylic acids is 1. The number of aliphatic hydroxyl groups is 2. The number of carboxylic acid groups (broad SMARTS) is 1. The van der Waals surface area contributed by atoms with Crippen LogP contribution in [0.1, 0.15) is 84.5 Å². The summed E-state index contributed by atoms with van der Waals surface area (Å²) in [7, 11) is 0. The molecule has 0 aromatic rings. The average molecular weight is 481 g/mol. The first kappa shape index (κ1) is 27.5. The standard InChI is InChI=1S/C26H48N4O4/c1-3-27-18-26(34,17-25(32)33)11-8-6-4-5-7-9-21-10-13-30-20(2)24(31)16-22(23(30)15-21)29-14-12-28-19-29/h12,20-24,27,31,34H,3-11,13-19H2,1-2H3,(H,32,33). The Labute approximate surface area is 205 Å². The summed E-state index contributed by atoms with van der Waals surface area (Å²) in [5, 5.41) is 33.5. The summed E-state index contributed by atoms with van der Waals surface area (Å²) in [6, 6.07) is 1.18. The predicted molar refractivity (Wildman–Crippen MR) is 135 cm³/mol.